The first-order chi connectivity index (χ1) is 14.3. The largest absolute Gasteiger partial charge is 0.466 e. The third-order valence-corrected chi connectivity index (χ3v) is 7.59. The van der Waals surface area contributed by atoms with E-state index in [9.17, 15) is 13.2 Å². The highest BCUT2D eigenvalue weighted by molar-refractivity contribution is 7.89. The molecule has 1 aromatic heterocycles. The zero-order chi connectivity index (χ0) is 21.9. The molecule has 0 spiro atoms. The summed E-state index contributed by atoms with van der Waals surface area (Å²) in [5, 5.41) is 2.94. The first kappa shape index (κ1) is 22.4. The van der Waals surface area contributed by atoms with Gasteiger partial charge in [-0.15, -0.1) is 0 Å². The molecule has 0 unspecified atom stereocenters. The Morgan fingerprint density at radius 2 is 1.77 bits per heavy atom. The molecule has 30 heavy (non-hydrogen) atoms. The van der Waals surface area contributed by atoms with Crippen LogP contribution in [0.4, 0.5) is 11.4 Å². The molecule has 1 aliphatic heterocycles. The summed E-state index contributed by atoms with van der Waals surface area (Å²) < 4.78 is 33.0. The van der Waals surface area contributed by atoms with Crippen molar-refractivity contribution in [1.82, 2.24) is 4.31 Å². The van der Waals surface area contributed by atoms with Crippen LogP contribution in [-0.2, 0) is 10.0 Å². The molecule has 1 aliphatic rings. The van der Waals surface area contributed by atoms with Gasteiger partial charge in [0.1, 0.15) is 11.5 Å². The Bertz CT molecular complexity index is 1000. The molecule has 1 saturated heterocycles. The summed E-state index contributed by atoms with van der Waals surface area (Å²) in [6.45, 7) is 9.72. The monoisotopic (exact) mass is 433 g/mol. The lowest BCUT2D eigenvalue weighted by atomic mass is 10.1. The lowest BCUT2D eigenvalue weighted by Crippen LogP contribution is -2.32. The van der Waals surface area contributed by atoms with Crippen LogP contribution in [0.25, 0.3) is 0 Å². The molecule has 1 aromatic carbocycles. The molecule has 1 fully saturated rings. The van der Waals surface area contributed by atoms with E-state index >= 15 is 0 Å². The third-order valence-electron chi connectivity index (χ3n) is 5.54. The summed E-state index contributed by atoms with van der Waals surface area (Å²) in [5.41, 5.74) is 1.81. The molecule has 0 saturated carbocycles. The van der Waals surface area contributed by atoms with Crippen molar-refractivity contribution in [2.45, 2.75) is 51.9 Å². The Labute approximate surface area is 179 Å². The van der Waals surface area contributed by atoms with Gasteiger partial charge in [0.25, 0.3) is 5.91 Å². The zero-order valence-corrected chi connectivity index (χ0v) is 19.0. The summed E-state index contributed by atoms with van der Waals surface area (Å²) in [6.07, 6.45) is 3.33. The average molecular weight is 434 g/mol. The van der Waals surface area contributed by atoms with E-state index in [1.165, 1.54) is 10.7 Å². The van der Waals surface area contributed by atoms with E-state index in [0.29, 0.717) is 35.9 Å². The molecule has 7 nitrogen and oxygen atoms in total. The number of anilines is 2. The smallest absolute Gasteiger partial charge is 0.259 e. The van der Waals surface area contributed by atoms with E-state index in [1.807, 2.05) is 19.9 Å². The van der Waals surface area contributed by atoms with Crippen LogP contribution < -0.4 is 10.2 Å². The van der Waals surface area contributed by atoms with Crippen LogP contribution in [0, 0.1) is 13.8 Å². The molecule has 0 atom stereocenters. The normalized spacial score (nSPS) is 14.9. The first-order valence-corrected chi connectivity index (χ1v) is 12.0. The van der Waals surface area contributed by atoms with Gasteiger partial charge in [0.2, 0.25) is 10.0 Å². The minimum atomic E-state index is -3.63. The highest BCUT2D eigenvalue weighted by Crippen LogP contribution is 2.32. The van der Waals surface area contributed by atoms with Crippen LogP contribution in [0.15, 0.2) is 33.6 Å². The van der Waals surface area contributed by atoms with E-state index in [0.717, 1.165) is 31.6 Å². The molecular weight excluding hydrogens is 402 g/mol. The summed E-state index contributed by atoms with van der Waals surface area (Å²) in [7, 11) is -3.63. The molecule has 8 heteroatoms. The van der Waals surface area contributed by atoms with Gasteiger partial charge in [-0.3, -0.25) is 4.79 Å². The first-order valence-electron chi connectivity index (χ1n) is 10.6. The van der Waals surface area contributed by atoms with E-state index in [4.69, 9.17) is 4.42 Å². The number of sulfonamides is 1. The molecule has 2 heterocycles. The Morgan fingerprint density at radius 1 is 1.10 bits per heavy atom. The van der Waals surface area contributed by atoms with Crippen LogP contribution in [0.3, 0.4) is 0 Å². The molecule has 1 amide bonds. The van der Waals surface area contributed by atoms with Gasteiger partial charge in [-0.2, -0.15) is 4.31 Å². The summed E-state index contributed by atoms with van der Waals surface area (Å²) in [5.74, 6) is 0.892. The number of nitrogens with zero attached hydrogens (tertiary/aromatic N) is 2. The number of piperidine rings is 1. The van der Waals surface area contributed by atoms with Gasteiger partial charge < -0.3 is 14.6 Å². The predicted octanol–water partition coefficient (Wildman–Crippen LogP) is 4.17. The number of nitrogens with one attached hydrogen (secondary N) is 1. The maximum Gasteiger partial charge on any atom is 0.259 e. The van der Waals surface area contributed by atoms with E-state index in [-0.39, 0.29) is 10.8 Å². The predicted molar refractivity (Wildman–Crippen MR) is 119 cm³/mol. The SMILES string of the molecule is CCN(CC)S(=O)(=O)c1ccc(N2CCCCC2)c(NC(=O)c2cc(C)oc2C)c1. The maximum absolute atomic E-state index is 13.0. The van der Waals surface area contributed by atoms with Crippen LogP contribution in [-0.4, -0.2) is 44.8 Å². The molecule has 3 rings (SSSR count). The number of carbonyl (C=O) groups excluding carboxylic acids is 1. The highest BCUT2D eigenvalue weighted by Gasteiger charge is 2.25. The molecule has 164 valence electrons. The third kappa shape index (κ3) is 4.54. The summed E-state index contributed by atoms with van der Waals surface area (Å²) in [4.78, 5) is 15.3. The van der Waals surface area contributed by atoms with Crippen molar-refractivity contribution in [3.05, 3.63) is 41.3 Å². The lowest BCUT2D eigenvalue weighted by Gasteiger charge is -2.31. The molecule has 0 bridgehead atoms. The van der Waals surface area contributed by atoms with Gasteiger partial charge in [0.15, 0.2) is 0 Å². The molecule has 1 N–H and O–H groups in total. The van der Waals surface area contributed by atoms with E-state index in [2.05, 4.69) is 10.2 Å². The standard InChI is InChI=1S/C22H31N3O4S/c1-5-25(6-2)30(27,28)18-10-11-21(24-12-8-7-9-13-24)20(15-18)23-22(26)19-14-16(3)29-17(19)4/h10-11,14-15H,5-9,12-13H2,1-4H3,(H,23,26). The van der Waals surface area contributed by atoms with Gasteiger partial charge in [-0.05, 0) is 57.4 Å². The summed E-state index contributed by atoms with van der Waals surface area (Å²) in [6, 6.07) is 6.73. The lowest BCUT2D eigenvalue weighted by molar-refractivity contribution is 0.102. The fraction of sp³-hybridized carbons (Fsp3) is 0.500. The number of aryl methyl sites for hydroxylation is 2. The van der Waals surface area contributed by atoms with Gasteiger partial charge >= 0.3 is 0 Å². The van der Waals surface area contributed by atoms with Gasteiger partial charge in [0.05, 0.1) is 21.8 Å². The van der Waals surface area contributed by atoms with Crippen molar-refractivity contribution in [2.75, 3.05) is 36.4 Å². The van der Waals surface area contributed by atoms with Crippen molar-refractivity contribution in [3.63, 3.8) is 0 Å². The fourth-order valence-electron chi connectivity index (χ4n) is 3.94. The maximum atomic E-state index is 13.0. The zero-order valence-electron chi connectivity index (χ0n) is 18.2. The van der Waals surface area contributed by atoms with Gasteiger partial charge in [-0.25, -0.2) is 8.42 Å². The van der Waals surface area contributed by atoms with Crippen LogP contribution >= 0.6 is 0 Å². The number of hydrogen-bond acceptors (Lipinski definition) is 5. The second kappa shape index (κ2) is 9.22. The number of rotatable bonds is 7. The molecule has 2 aromatic rings. The van der Waals surface area contributed by atoms with Crippen molar-refractivity contribution < 1.29 is 17.6 Å². The van der Waals surface area contributed by atoms with Crippen molar-refractivity contribution in [3.8, 4) is 0 Å². The number of carbonyl (C=O) groups is 1. The average Bonchev–Trinajstić information content (AvgIpc) is 3.07. The Morgan fingerprint density at radius 3 is 2.33 bits per heavy atom. The Balaban J connectivity index is 2.02. The Kier molecular flexibility index (Phi) is 6.88. The van der Waals surface area contributed by atoms with E-state index < -0.39 is 10.0 Å². The van der Waals surface area contributed by atoms with Crippen molar-refractivity contribution in [1.29, 1.82) is 0 Å². The molecular formula is C22H31N3O4S. The second-order valence-corrected chi connectivity index (χ2v) is 9.53. The number of hydrogen-bond donors (Lipinski definition) is 1. The minimum absolute atomic E-state index is 0.183. The highest BCUT2D eigenvalue weighted by atomic mass is 32.2. The number of amides is 1. The van der Waals surface area contributed by atoms with Crippen LogP contribution in [0.2, 0.25) is 0 Å². The van der Waals surface area contributed by atoms with Gasteiger partial charge in [0, 0.05) is 26.2 Å². The minimum Gasteiger partial charge on any atom is -0.466 e. The molecule has 0 aliphatic carbocycles. The quantitative estimate of drug-likeness (QED) is 0.709. The molecule has 0 radical (unpaired) electrons. The topological polar surface area (TPSA) is 82.9 Å². The summed E-state index contributed by atoms with van der Waals surface area (Å²) >= 11 is 0. The van der Waals surface area contributed by atoms with Gasteiger partial charge in [-0.1, -0.05) is 13.8 Å². The second-order valence-electron chi connectivity index (χ2n) is 7.60. The Hall–Kier alpha value is -2.32. The van der Waals surface area contributed by atoms with Crippen LogP contribution in [0.5, 0.6) is 0 Å². The van der Waals surface area contributed by atoms with Crippen molar-refractivity contribution >= 4 is 27.3 Å². The van der Waals surface area contributed by atoms with E-state index in [1.54, 1.807) is 32.0 Å². The fourth-order valence-corrected chi connectivity index (χ4v) is 5.43. The number of furan rings is 1. The van der Waals surface area contributed by atoms with Crippen molar-refractivity contribution in [2.24, 2.45) is 0 Å². The number of benzene rings is 1. The van der Waals surface area contributed by atoms with Crippen LogP contribution in [0.1, 0.15) is 55.0 Å².